The molecule has 0 nitrogen and oxygen atoms in total. The Balaban J connectivity index is 3.60. The van der Waals surface area contributed by atoms with Gasteiger partial charge in [-0.15, -0.1) is 0 Å². The summed E-state index contributed by atoms with van der Waals surface area (Å²) in [4.78, 5) is -0.0465. The summed E-state index contributed by atoms with van der Waals surface area (Å²) < 4.78 is 0. The van der Waals surface area contributed by atoms with Crippen molar-refractivity contribution in [2.75, 3.05) is 0 Å². The van der Waals surface area contributed by atoms with E-state index in [-0.39, 0.29) is 19.9 Å². The van der Waals surface area contributed by atoms with Crippen LogP contribution in [0.5, 0.6) is 0 Å². The molecule has 0 heterocycles. The van der Waals surface area contributed by atoms with Gasteiger partial charge in [-0.25, -0.2) is 0 Å². The van der Waals surface area contributed by atoms with Gasteiger partial charge >= 0.3 is 0 Å². The fourth-order valence-electron chi connectivity index (χ4n) is 0.971. The number of alkyl halides is 1. The SMILES string of the molecule is CC(Br)c1c(Cl)c(Cl)c(Cl)c(Cl)c1Cl. The van der Waals surface area contributed by atoms with Crippen molar-refractivity contribution in [3.63, 3.8) is 0 Å². The van der Waals surface area contributed by atoms with E-state index >= 15 is 0 Å². The smallest absolute Gasteiger partial charge is 0.0809 e. The van der Waals surface area contributed by atoms with Crippen LogP contribution in [0.25, 0.3) is 0 Å². The van der Waals surface area contributed by atoms with Crippen LogP contribution < -0.4 is 0 Å². The summed E-state index contributed by atoms with van der Waals surface area (Å²) in [6, 6.07) is 0. The molecule has 0 spiro atoms. The second-order valence-electron chi connectivity index (χ2n) is 2.60. The zero-order valence-corrected chi connectivity index (χ0v) is 12.2. The van der Waals surface area contributed by atoms with Crippen LogP contribution in [0.15, 0.2) is 0 Å². The highest BCUT2D eigenvalue weighted by atomic mass is 79.9. The first kappa shape index (κ1) is 13.2. The summed E-state index contributed by atoms with van der Waals surface area (Å²) in [5.74, 6) is 0. The van der Waals surface area contributed by atoms with Crippen molar-refractivity contribution in [1.29, 1.82) is 0 Å². The number of benzene rings is 1. The first-order valence-electron chi connectivity index (χ1n) is 3.53. The molecule has 1 aromatic carbocycles. The van der Waals surface area contributed by atoms with Crippen molar-refractivity contribution in [3.05, 3.63) is 30.7 Å². The molecule has 0 N–H and O–H groups in total. The van der Waals surface area contributed by atoms with Crippen molar-refractivity contribution in [2.24, 2.45) is 0 Å². The van der Waals surface area contributed by atoms with Crippen molar-refractivity contribution >= 4 is 73.9 Å². The second-order valence-corrected chi connectivity index (χ2v) is 5.86. The maximum atomic E-state index is 5.98. The molecule has 0 aliphatic rings. The van der Waals surface area contributed by atoms with Crippen LogP contribution in [0, 0.1) is 0 Å². The van der Waals surface area contributed by atoms with Gasteiger partial charge in [0, 0.05) is 10.4 Å². The minimum Gasteiger partial charge on any atom is -0.0841 e. The lowest BCUT2D eigenvalue weighted by Gasteiger charge is -2.13. The zero-order valence-electron chi connectivity index (χ0n) is 6.85. The summed E-state index contributed by atoms with van der Waals surface area (Å²) in [6.45, 7) is 1.87. The molecule has 1 aromatic rings. The van der Waals surface area contributed by atoms with Gasteiger partial charge in [0.2, 0.25) is 0 Å². The Morgan fingerprint density at radius 1 is 0.786 bits per heavy atom. The van der Waals surface area contributed by atoms with E-state index < -0.39 is 0 Å². The van der Waals surface area contributed by atoms with Gasteiger partial charge in [-0.3, -0.25) is 0 Å². The van der Waals surface area contributed by atoms with Crippen LogP contribution in [0.4, 0.5) is 0 Å². The molecule has 0 saturated carbocycles. The molecular formula is C8H4BrCl5. The predicted octanol–water partition coefficient (Wildman–Crippen LogP) is 6.41. The molecule has 1 atom stereocenters. The van der Waals surface area contributed by atoms with Crippen molar-refractivity contribution in [3.8, 4) is 0 Å². The van der Waals surface area contributed by atoms with Crippen LogP contribution in [0.1, 0.15) is 17.3 Å². The van der Waals surface area contributed by atoms with E-state index in [4.69, 9.17) is 58.0 Å². The fourth-order valence-corrected chi connectivity index (χ4v) is 3.17. The number of hydrogen-bond donors (Lipinski definition) is 0. The Morgan fingerprint density at radius 2 is 1.07 bits per heavy atom. The van der Waals surface area contributed by atoms with Gasteiger partial charge in [-0.2, -0.15) is 0 Å². The van der Waals surface area contributed by atoms with Crippen molar-refractivity contribution in [1.82, 2.24) is 0 Å². The van der Waals surface area contributed by atoms with Gasteiger partial charge in [-0.1, -0.05) is 73.9 Å². The van der Waals surface area contributed by atoms with Crippen LogP contribution in [0.2, 0.25) is 25.1 Å². The highest BCUT2D eigenvalue weighted by Gasteiger charge is 2.21. The van der Waals surface area contributed by atoms with Gasteiger partial charge in [0.1, 0.15) is 0 Å². The van der Waals surface area contributed by atoms with Crippen molar-refractivity contribution < 1.29 is 0 Å². The standard InChI is InChI=1S/C8H4BrCl5/c1-2(9)3-4(10)6(12)8(14)7(13)5(3)11/h2H,1H3. The third-order valence-corrected chi connectivity index (χ3v) is 4.41. The van der Waals surface area contributed by atoms with Gasteiger partial charge in [0.05, 0.1) is 25.1 Å². The Labute approximate surface area is 116 Å². The molecular weight excluding hydrogens is 353 g/mol. The van der Waals surface area contributed by atoms with Crippen LogP contribution in [-0.2, 0) is 0 Å². The van der Waals surface area contributed by atoms with Gasteiger partial charge in [-0.05, 0) is 6.92 Å². The van der Waals surface area contributed by atoms with E-state index in [1.807, 2.05) is 6.92 Å². The summed E-state index contributed by atoms with van der Waals surface area (Å²) in [5.41, 5.74) is 0.646. The van der Waals surface area contributed by atoms with Crippen LogP contribution >= 0.6 is 73.9 Å². The molecule has 0 aliphatic carbocycles. The van der Waals surface area contributed by atoms with Gasteiger partial charge in [0.15, 0.2) is 0 Å². The normalized spacial score (nSPS) is 13.1. The minimum absolute atomic E-state index is 0.0465. The highest BCUT2D eigenvalue weighted by Crippen LogP contribution is 2.47. The van der Waals surface area contributed by atoms with Crippen molar-refractivity contribution in [2.45, 2.75) is 11.8 Å². The second kappa shape index (κ2) is 4.99. The van der Waals surface area contributed by atoms with E-state index in [1.165, 1.54) is 0 Å². The molecule has 1 rings (SSSR count). The summed E-state index contributed by atoms with van der Waals surface area (Å²) in [7, 11) is 0. The first-order valence-corrected chi connectivity index (χ1v) is 6.33. The Morgan fingerprint density at radius 3 is 1.36 bits per heavy atom. The molecule has 0 aliphatic heterocycles. The molecule has 0 aromatic heterocycles. The molecule has 0 fully saturated rings. The van der Waals surface area contributed by atoms with Gasteiger partial charge < -0.3 is 0 Å². The lowest BCUT2D eigenvalue weighted by atomic mass is 10.1. The quantitative estimate of drug-likeness (QED) is 0.309. The number of halogens is 6. The third-order valence-electron chi connectivity index (χ3n) is 1.64. The maximum absolute atomic E-state index is 5.98. The van der Waals surface area contributed by atoms with Gasteiger partial charge in [0.25, 0.3) is 0 Å². The largest absolute Gasteiger partial charge is 0.0841 e. The Bertz CT molecular complexity index is 345. The van der Waals surface area contributed by atoms with E-state index in [2.05, 4.69) is 15.9 Å². The zero-order chi connectivity index (χ0) is 11.0. The molecule has 0 amide bonds. The molecule has 14 heavy (non-hydrogen) atoms. The number of rotatable bonds is 1. The Kier molecular flexibility index (Phi) is 4.71. The van der Waals surface area contributed by atoms with E-state index in [1.54, 1.807) is 0 Å². The highest BCUT2D eigenvalue weighted by molar-refractivity contribution is 9.09. The molecule has 0 bridgehead atoms. The maximum Gasteiger partial charge on any atom is 0.0809 e. The Hall–Kier alpha value is 1.15. The predicted molar refractivity (Wildman–Crippen MR) is 68.8 cm³/mol. The summed E-state index contributed by atoms with van der Waals surface area (Å²) in [6.07, 6.45) is 0. The summed E-state index contributed by atoms with van der Waals surface area (Å²) in [5, 5.41) is 1.29. The van der Waals surface area contributed by atoms with E-state index in [9.17, 15) is 0 Å². The van der Waals surface area contributed by atoms with E-state index in [0.717, 1.165) is 0 Å². The van der Waals surface area contributed by atoms with E-state index in [0.29, 0.717) is 15.6 Å². The topological polar surface area (TPSA) is 0 Å². The monoisotopic (exact) mass is 354 g/mol. The average molecular weight is 357 g/mol. The number of hydrogen-bond acceptors (Lipinski definition) is 0. The van der Waals surface area contributed by atoms with Crippen LogP contribution in [-0.4, -0.2) is 0 Å². The lowest BCUT2D eigenvalue weighted by Crippen LogP contribution is -1.91. The third kappa shape index (κ3) is 2.28. The lowest BCUT2D eigenvalue weighted by molar-refractivity contribution is 1.12. The average Bonchev–Trinajstić information content (AvgIpc) is 2.11. The molecule has 0 saturated heterocycles. The minimum atomic E-state index is -0.0465. The molecule has 78 valence electrons. The first-order chi connectivity index (χ1) is 6.37. The summed E-state index contributed by atoms with van der Waals surface area (Å²) >= 11 is 32.9. The molecule has 0 radical (unpaired) electrons. The fraction of sp³-hybridized carbons (Fsp3) is 0.250. The molecule has 1 unspecified atom stereocenters. The molecule has 6 heteroatoms. The van der Waals surface area contributed by atoms with Crippen LogP contribution in [0.3, 0.4) is 0 Å².